The lowest BCUT2D eigenvalue weighted by Gasteiger charge is -2.06. The molecule has 0 radical (unpaired) electrons. The van der Waals surface area contributed by atoms with Crippen LogP contribution in [0.5, 0.6) is 0 Å². The highest BCUT2D eigenvalue weighted by molar-refractivity contribution is 9.10. The summed E-state index contributed by atoms with van der Waals surface area (Å²) in [7, 11) is 0. The van der Waals surface area contributed by atoms with E-state index in [1.165, 1.54) is 29.8 Å². The first-order valence-corrected chi connectivity index (χ1v) is 11.2. The number of rotatable bonds is 4. The Morgan fingerprint density at radius 3 is 1.63 bits per heavy atom. The van der Waals surface area contributed by atoms with Gasteiger partial charge in [0.1, 0.15) is 0 Å². The summed E-state index contributed by atoms with van der Waals surface area (Å²) in [4.78, 5) is 19.9. The second-order valence-corrected chi connectivity index (χ2v) is 8.37. The van der Waals surface area contributed by atoms with Gasteiger partial charge >= 0.3 is 0 Å². The van der Waals surface area contributed by atoms with Crippen LogP contribution in [-0.4, -0.2) is 9.85 Å². The van der Waals surface area contributed by atoms with E-state index in [4.69, 9.17) is 5.73 Å². The molecule has 9 heteroatoms. The highest BCUT2D eigenvalue weighted by Crippen LogP contribution is 2.21. The number of halogens is 1. The zero-order valence-corrected chi connectivity index (χ0v) is 20.8. The number of nitro groups is 2. The Morgan fingerprint density at radius 2 is 1.17 bits per heavy atom. The maximum absolute atomic E-state index is 10.6. The van der Waals surface area contributed by atoms with Crippen LogP contribution in [0.25, 0.3) is 0 Å². The minimum Gasteiger partial charge on any atom is -0.399 e. The number of hydrogen-bond acceptors (Lipinski definition) is 6. The molecule has 0 spiro atoms. The molecule has 0 heterocycles. The normalized spacial score (nSPS) is 9.57. The smallest absolute Gasteiger partial charge is 0.271 e. The summed E-state index contributed by atoms with van der Waals surface area (Å²) in [6, 6.07) is 28.4. The molecular weight excluding hydrogens is 512 g/mol. The van der Waals surface area contributed by atoms with Gasteiger partial charge in [0, 0.05) is 45.8 Å². The van der Waals surface area contributed by atoms with Gasteiger partial charge in [-0.2, -0.15) is 0 Å². The standard InChI is InChI=1S/C13H12N2O2.C7H9N.C6H4BrNO2/c1-10-4-2-5-11(8-10)14-12-6-3-7-13(9-12)15(16)17;1-6-3-2-4-7(8)5-6;7-5-2-1-3-6(4-5)8(9)10/h2-9,14H,1H3;2-5H,8H2,1H3;1-4H. The van der Waals surface area contributed by atoms with Crippen LogP contribution in [0.2, 0.25) is 0 Å². The van der Waals surface area contributed by atoms with Crippen LogP contribution in [0.3, 0.4) is 0 Å². The van der Waals surface area contributed by atoms with Crippen LogP contribution in [-0.2, 0) is 0 Å². The van der Waals surface area contributed by atoms with Crippen molar-refractivity contribution in [2.24, 2.45) is 0 Å². The third-order valence-corrected chi connectivity index (χ3v) is 4.92. The van der Waals surface area contributed by atoms with Crippen molar-refractivity contribution in [2.75, 3.05) is 11.1 Å². The van der Waals surface area contributed by atoms with Gasteiger partial charge in [-0.15, -0.1) is 0 Å². The van der Waals surface area contributed by atoms with E-state index in [1.54, 1.807) is 24.3 Å². The molecular formula is C26H25BrN4O4. The van der Waals surface area contributed by atoms with Crippen LogP contribution < -0.4 is 11.1 Å². The number of nitrogens with two attached hydrogens (primary N) is 1. The average Bonchev–Trinajstić information content (AvgIpc) is 2.80. The van der Waals surface area contributed by atoms with Crippen molar-refractivity contribution < 1.29 is 9.85 Å². The monoisotopic (exact) mass is 536 g/mol. The molecule has 8 nitrogen and oxygen atoms in total. The van der Waals surface area contributed by atoms with Crippen molar-refractivity contribution in [3.63, 3.8) is 0 Å². The van der Waals surface area contributed by atoms with Gasteiger partial charge in [0.2, 0.25) is 0 Å². The van der Waals surface area contributed by atoms with E-state index in [0.29, 0.717) is 5.69 Å². The predicted octanol–water partition coefficient (Wildman–Crippen LogP) is 7.58. The van der Waals surface area contributed by atoms with Gasteiger partial charge in [-0.05, 0) is 61.4 Å². The molecule has 0 aliphatic rings. The molecule has 0 saturated heterocycles. The molecule has 0 bridgehead atoms. The van der Waals surface area contributed by atoms with Gasteiger partial charge in [0.25, 0.3) is 11.4 Å². The maximum atomic E-state index is 10.6. The zero-order valence-electron chi connectivity index (χ0n) is 19.2. The lowest BCUT2D eigenvalue weighted by Crippen LogP contribution is -1.93. The van der Waals surface area contributed by atoms with Gasteiger partial charge in [0.05, 0.1) is 9.85 Å². The maximum Gasteiger partial charge on any atom is 0.271 e. The first-order valence-electron chi connectivity index (χ1n) is 10.4. The molecule has 4 aromatic carbocycles. The van der Waals surface area contributed by atoms with Gasteiger partial charge in [-0.25, -0.2) is 0 Å². The molecule has 4 aromatic rings. The zero-order chi connectivity index (χ0) is 25.8. The molecule has 4 rings (SSSR count). The minimum absolute atomic E-state index is 0.0858. The van der Waals surface area contributed by atoms with E-state index in [2.05, 4.69) is 21.2 Å². The number of non-ortho nitro benzene ring substituents is 2. The fraction of sp³-hybridized carbons (Fsp3) is 0.0769. The number of benzene rings is 4. The second kappa shape index (κ2) is 13.5. The van der Waals surface area contributed by atoms with Crippen molar-refractivity contribution in [1.29, 1.82) is 0 Å². The molecule has 0 aliphatic heterocycles. The number of hydrogen-bond donors (Lipinski definition) is 2. The predicted molar refractivity (Wildman–Crippen MR) is 144 cm³/mol. The Kier molecular flexibility index (Phi) is 10.4. The van der Waals surface area contributed by atoms with Crippen LogP contribution in [0.4, 0.5) is 28.4 Å². The third kappa shape index (κ3) is 10.1. The molecule has 0 aromatic heterocycles. The number of aryl methyl sites for hydroxylation is 2. The lowest BCUT2D eigenvalue weighted by molar-refractivity contribution is -0.385. The highest BCUT2D eigenvalue weighted by Gasteiger charge is 2.05. The fourth-order valence-electron chi connectivity index (χ4n) is 2.85. The molecule has 0 unspecified atom stereocenters. The van der Waals surface area contributed by atoms with Crippen LogP contribution >= 0.6 is 15.9 Å². The van der Waals surface area contributed by atoms with Crippen molar-refractivity contribution in [3.8, 4) is 0 Å². The molecule has 0 saturated carbocycles. The summed E-state index contributed by atoms with van der Waals surface area (Å²) in [5.74, 6) is 0. The number of nitrogens with zero attached hydrogens (tertiary/aromatic N) is 2. The lowest BCUT2D eigenvalue weighted by atomic mass is 10.2. The Labute approximate surface area is 211 Å². The van der Waals surface area contributed by atoms with Crippen LogP contribution in [0.15, 0.2) is 102 Å². The largest absolute Gasteiger partial charge is 0.399 e. The van der Waals surface area contributed by atoms with Gasteiger partial charge in [0.15, 0.2) is 0 Å². The third-order valence-electron chi connectivity index (χ3n) is 4.42. The van der Waals surface area contributed by atoms with Gasteiger partial charge < -0.3 is 11.1 Å². The van der Waals surface area contributed by atoms with Crippen molar-refractivity contribution in [1.82, 2.24) is 0 Å². The fourth-order valence-corrected chi connectivity index (χ4v) is 3.23. The van der Waals surface area contributed by atoms with Crippen LogP contribution in [0, 0.1) is 34.1 Å². The summed E-state index contributed by atoms with van der Waals surface area (Å²) in [5.41, 5.74) is 10.5. The quantitative estimate of drug-likeness (QED) is 0.157. The van der Waals surface area contributed by atoms with E-state index >= 15 is 0 Å². The van der Waals surface area contributed by atoms with Crippen molar-refractivity contribution in [3.05, 3.63) is 133 Å². The van der Waals surface area contributed by atoms with E-state index < -0.39 is 9.85 Å². The molecule has 0 aliphatic carbocycles. The number of anilines is 3. The summed E-state index contributed by atoms with van der Waals surface area (Å²) < 4.78 is 0.724. The second-order valence-electron chi connectivity index (χ2n) is 7.45. The first-order chi connectivity index (χ1) is 16.6. The van der Waals surface area contributed by atoms with E-state index in [-0.39, 0.29) is 11.4 Å². The number of nitrogen functional groups attached to an aromatic ring is 1. The van der Waals surface area contributed by atoms with Crippen molar-refractivity contribution >= 4 is 44.4 Å². The highest BCUT2D eigenvalue weighted by atomic mass is 79.9. The van der Waals surface area contributed by atoms with E-state index in [1.807, 2.05) is 62.4 Å². The van der Waals surface area contributed by atoms with Gasteiger partial charge in [-0.1, -0.05) is 52.3 Å². The minimum atomic E-state index is -0.426. The topological polar surface area (TPSA) is 124 Å². The average molecular weight is 537 g/mol. The number of nitro benzene ring substituents is 2. The molecule has 35 heavy (non-hydrogen) atoms. The van der Waals surface area contributed by atoms with E-state index in [9.17, 15) is 20.2 Å². The molecule has 180 valence electrons. The van der Waals surface area contributed by atoms with Crippen LogP contribution in [0.1, 0.15) is 11.1 Å². The summed E-state index contributed by atoms with van der Waals surface area (Å²) >= 11 is 3.13. The number of nitrogens with one attached hydrogen (secondary N) is 1. The molecule has 3 N–H and O–H groups in total. The van der Waals surface area contributed by atoms with Crippen molar-refractivity contribution in [2.45, 2.75) is 13.8 Å². The summed E-state index contributed by atoms with van der Waals surface area (Å²) in [5, 5.41) is 23.9. The van der Waals surface area contributed by atoms with E-state index in [0.717, 1.165) is 21.4 Å². The molecule has 0 fully saturated rings. The SMILES string of the molecule is Cc1cccc(N)c1.Cc1cccc(Nc2cccc([N+](=O)[O-])c2)c1.O=[N+]([O-])c1cccc(Br)c1. The summed E-state index contributed by atoms with van der Waals surface area (Å²) in [6.07, 6.45) is 0. The Balaban J connectivity index is 0.000000204. The Morgan fingerprint density at radius 1 is 0.686 bits per heavy atom. The Bertz CT molecular complexity index is 1280. The molecule has 0 atom stereocenters. The summed E-state index contributed by atoms with van der Waals surface area (Å²) in [6.45, 7) is 4.02. The molecule has 0 amide bonds. The Hall–Kier alpha value is -4.24. The van der Waals surface area contributed by atoms with Gasteiger partial charge in [-0.3, -0.25) is 20.2 Å². The first kappa shape index (κ1) is 27.0.